The number of carboxylic acid groups (broad SMARTS) is 1. The first-order valence-electron chi connectivity index (χ1n) is 11.7. The molecular formula is C25H21F5N4O5S2. The number of nitrogens with zero attached hydrogens (tertiary/aromatic N) is 4. The third kappa shape index (κ3) is 5.40. The molecule has 0 aliphatic rings. The van der Waals surface area contributed by atoms with Gasteiger partial charge in [0.05, 0.1) is 22.9 Å². The number of aromatic nitrogens is 3. The van der Waals surface area contributed by atoms with Gasteiger partial charge in [-0.1, -0.05) is 0 Å². The molecule has 0 aliphatic carbocycles. The molecule has 1 aromatic carbocycles. The van der Waals surface area contributed by atoms with Crippen LogP contribution in [0.2, 0.25) is 0 Å². The molecule has 218 valence electrons. The van der Waals surface area contributed by atoms with Crippen molar-refractivity contribution in [2.45, 2.75) is 33.0 Å². The molecule has 0 saturated carbocycles. The molecule has 1 N–H and O–H groups in total. The lowest BCUT2D eigenvalue weighted by Gasteiger charge is -2.22. The van der Waals surface area contributed by atoms with E-state index >= 15 is 4.39 Å². The number of thiazole rings is 1. The Bertz CT molecular complexity index is 1910. The molecule has 0 bridgehead atoms. The molecule has 4 aromatic rings. The SMILES string of the molecule is Cn1c(=O)c2c(CC(=O)N=c3scc(-c4ccc(F)c(C(F)(F)F)c4F)n3CC(C)(C)C(=O)O)csc2n(C)c1=O. The first-order chi connectivity index (χ1) is 19.0. The van der Waals surface area contributed by atoms with Crippen LogP contribution in [0.4, 0.5) is 22.0 Å². The molecular weight excluding hydrogens is 595 g/mol. The van der Waals surface area contributed by atoms with Crippen LogP contribution in [0.15, 0.2) is 37.5 Å². The number of thiophene rings is 1. The number of carbonyl (C=O) groups is 2. The van der Waals surface area contributed by atoms with Crippen molar-refractivity contribution in [3.8, 4) is 11.3 Å². The van der Waals surface area contributed by atoms with Crippen LogP contribution in [-0.4, -0.2) is 30.7 Å². The third-order valence-electron chi connectivity index (χ3n) is 6.39. The van der Waals surface area contributed by atoms with Crippen LogP contribution in [0.3, 0.4) is 0 Å². The number of benzene rings is 1. The zero-order valence-electron chi connectivity index (χ0n) is 21.8. The summed E-state index contributed by atoms with van der Waals surface area (Å²) in [6.45, 7) is 2.19. The second kappa shape index (κ2) is 10.5. The van der Waals surface area contributed by atoms with Crippen molar-refractivity contribution in [1.29, 1.82) is 0 Å². The average Bonchev–Trinajstić information content (AvgIpc) is 3.44. The third-order valence-corrected chi connectivity index (χ3v) is 8.35. The van der Waals surface area contributed by atoms with Crippen molar-refractivity contribution in [2.75, 3.05) is 0 Å². The van der Waals surface area contributed by atoms with Gasteiger partial charge in [0.25, 0.3) is 11.5 Å². The van der Waals surface area contributed by atoms with E-state index in [1.165, 1.54) is 43.3 Å². The molecule has 41 heavy (non-hydrogen) atoms. The van der Waals surface area contributed by atoms with Crippen LogP contribution in [0.1, 0.15) is 25.0 Å². The van der Waals surface area contributed by atoms with Gasteiger partial charge in [-0.05, 0) is 36.9 Å². The molecule has 16 heteroatoms. The Hall–Kier alpha value is -3.92. The Kier molecular flexibility index (Phi) is 7.68. The van der Waals surface area contributed by atoms with E-state index in [-0.39, 0.29) is 21.4 Å². The Morgan fingerprint density at radius 3 is 2.29 bits per heavy atom. The molecule has 0 aliphatic heterocycles. The predicted octanol–water partition coefficient (Wildman–Crippen LogP) is 3.91. The van der Waals surface area contributed by atoms with Gasteiger partial charge in [-0.15, -0.1) is 22.7 Å². The van der Waals surface area contributed by atoms with Crippen LogP contribution < -0.4 is 16.1 Å². The quantitative estimate of drug-likeness (QED) is 0.330. The van der Waals surface area contributed by atoms with E-state index in [0.717, 1.165) is 37.9 Å². The average molecular weight is 617 g/mol. The van der Waals surface area contributed by atoms with Crippen LogP contribution >= 0.6 is 22.7 Å². The fraction of sp³-hybridized carbons (Fsp3) is 0.320. The van der Waals surface area contributed by atoms with Crippen molar-refractivity contribution in [2.24, 2.45) is 24.5 Å². The second-order valence-corrected chi connectivity index (χ2v) is 11.5. The first-order valence-corrected chi connectivity index (χ1v) is 13.4. The van der Waals surface area contributed by atoms with E-state index in [9.17, 15) is 41.8 Å². The van der Waals surface area contributed by atoms with Crippen molar-refractivity contribution >= 4 is 44.8 Å². The lowest BCUT2D eigenvalue weighted by atomic mass is 9.93. The summed E-state index contributed by atoms with van der Waals surface area (Å²) in [5.41, 5.74) is -5.46. The number of hydrogen-bond acceptors (Lipinski definition) is 6. The highest BCUT2D eigenvalue weighted by Gasteiger charge is 2.39. The number of hydrogen-bond donors (Lipinski definition) is 1. The van der Waals surface area contributed by atoms with Gasteiger partial charge in [0.1, 0.15) is 22.0 Å². The number of aliphatic carboxylic acids is 1. The van der Waals surface area contributed by atoms with Crippen LogP contribution in [0, 0.1) is 17.0 Å². The minimum atomic E-state index is -5.35. The van der Waals surface area contributed by atoms with Crippen molar-refractivity contribution in [3.63, 3.8) is 0 Å². The van der Waals surface area contributed by atoms with E-state index < -0.39 is 70.4 Å². The van der Waals surface area contributed by atoms with Gasteiger partial charge in [0.2, 0.25) is 0 Å². The summed E-state index contributed by atoms with van der Waals surface area (Å²) in [5, 5.41) is 12.5. The monoisotopic (exact) mass is 616 g/mol. The van der Waals surface area contributed by atoms with E-state index in [4.69, 9.17) is 0 Å². The second-order valence-electron chi connectivity index (χ2n) is 9.79. The summed E-state index contributed by atoms with van der Waals surface area (Å²) < 4.78 is 72.4. The normalized spacial score (nSPS) is 12.9. The first kappa shape index (κ1) is 30.0. The number of rotatable bonds is 6. The van der Waals surface area contributed by atoms with Gasteiger partial charge >= 0.3 is 17.8 Å². The summed E-state index contributed by atoms with van der Waals surface area (Å²) in [4.78, 5) is 54.0. The fourth-order valence-electron chi connectivity index (χ4n) is 4.12. The number of fused-ring (bicyclic) bond motifs is 1. The molecule has 9 nitrogen and oxygen atoms in total. The molecule has 0 atom stereocenters. The summed E-state index contributed by atoms with van der Waals surface area (Å²) in [6, 6.07) is 1.23. The van der Waals surface area contributed by atoms with Crippen molar-refractivity contribution in [3.05, 3.63) is 71.3 Å². The Labute approximate surface area is 235 Å². The molecule has 4 rings (SSSR count). The summed E-state index contributed by atoms with van der Waals surface area (Å²) in [6.07, 6.45) is -5.75. The molecule has 1 amide bonds. The van der Waals surface area contributed by atoms with E-state index in [2.05, 4.69) is 4.99 Å². The fourth-order valence-corrected chi connectivity index (χ4v) is 6.07. The Morgan fingerprint density at radius 2 is 1.68 bits per heavy atom. The van der Waals surface area contributed by atoms with Gasteiger partial charge in [-0.2, -0.15) is 18.2 Å². The number of carboxylic acids is 1. The van der Waals surface area contributed by atoms with Gasteiger partial charge < -0.3 is 9.67 Å². The van der Waals surface area contributed by atoms with Crippen LogP contribution in [-0.2, 0) is 42.8 Å². The van der Waals surface area contributed by atoms with Gasteiger partial charge in [-0.25, -0.2) is 13.6 Å². The smallest absolute Gasteiger partial charge is 0.422 e. The van der Waals surface area contributed by atoms with Crippen molar-refractivity contribution < 1.29 is 36.6 Å². The molecule has 0 spiro atoms. The molecule has 0 saturated heterocycles. The lowest BCUT2D eigenvalue weighted by molar-refractivity contribution is -0.147. The number of amides is 1. The number of aryl methyl sites for hydroxylation is 1. The number of carbonyl (C=O) groups excluding carboxylic acids is 1. The maximum Gasteiger partial charge on any atom is 0.422 e. The number of alkyl halides is 3. The highest BCUT2D eigenvalue weighted by Crippen LogP contribution is 2.38. The summed E-state index contributed by atoms with van der Waals surface area (Å²) in [7, 11) is 2.76. The van der Waals surface area contributed by atoms with Crippen LogP contribution in [0.5, 0.6) is 0 Å². The topological polar surface area (TPSA) is 116 Å². The van der Waals surface area contributed by atoms with Crippen molar-refractivity contribution in [1.82, 2.24) is 13.7 Å². The van der Waals surface area contributed by atoms with E-state index in [1.54, 1.807) is 0 Å². The molecule has 0 radical (unpaired) electrons. The largest absolute Gasteiger partial charge is 0.481 e. The Balaban J connectivity index is 1.87. The lowest BCUT2D eigenvalue weighted by Crippen LogP contribution is -2.36. The Morgan fingerprint density at radius 1 is 1.02 bits per heavy atom. The van der Waals surface area contributed by atoms with Gasteiger partial charge in [0.15, 0.2) is 4.80 Å². The van der Waals surface area contributed by atoms with E-state index in [1.807, 2.05) is 0 Å². The maximum absolute atomic E-state index is 15.1. The summed E-state index contributed by atoms with van der Waals surface area (Å²) >= 11 is 1.81. The minimum absolute atomic E-state index is 0.142. The van der Waals surface area contributed by atoms with E-state index in [0.29, 0.717) is 10.9 Å². The highest BCUT2D eigenvalue weighted by atomic mass is 32.1. The highest BCUT2D eigenvalue weighted by molar-refractivity contribution is 7.17. The van der Waals surface area contributed by atoms with Gasteiger partial charge in [0, 0.05) is 31.6 Å². The summed E-state index contributed by atoms with van der Waals surface area (Å²) in [5.74, 6) is -5.81. The zero-order chi connectivity index (χ0) is 30.6. The standard InChI is InChI=1S/C25H21F5N4O5S2/c1-24(2,21(37)38)10-34-14(12-5-6-13(26)17(18(12)27)25(28,29)30)9-41-22(34)31-15(35)7-11-8-40-20-16(11)19(36)32(3)23(39)33(20)4/h5-6,8-9H,7,10H2,1-4H3,(H,37,38). The molecule has 0 fully saturated rings. The number of halogens is 5. The maximum atomic E-state index is 15.1. The molecule has 3 aromatic heterocycles. The molecule has 3 heterocycles. The van der Waals surface area contributed by atoms with Gasteiger partial charge in [-0.3, -0.25) is 23.5 Å². The minimum Gasteiger partial charge on any atom is -0.481 e. The molecule has 0 unspecified atom stereocenters. The zero-order valence-corrected chi connectivity index (χ0v) is 23.4. The van der Waals surface area contributed by atoms with Crippen LogP contribution in [0.25, 0.3) is 21.5 Å². The predicted molar refractivity (Wildman–Crippen MR) is 141 cm³/mol.